The molecule has 4 rings (SSSR count). The molecule has 1 amide bonds. The van der Waals surface area contributed by atoms with Crippen LogP contribution in [0.4, 0.5) is 0 Å². The number of hydrogen-bond donors (Lipinski definition) is 0. The van der Waals surface area contributed by atoms with Crippen LogP contribution in [-0.2, 0) is 11.8 Å². The second-order valence-corrected chi connectivity index (χ2v) is 8.89. The Morgan fingerprint density at radius 3 is 2.61 bits per heavy atom. The molecule has 7 nitrogen and oxygen atoms in total. The van der Waals surface area contributed by atoms with E-state index in [0.717, 1.165) is 17.8 Å². The molecule has 33 heavy (non-hydrogen) atoms. The van der Waals surface area contributed by atoms with Gasteiger partial charge in [-0.25, -0.2) is 4.98 Å². The summed E-state index contributed by atoms with van der Waals surface area (Å²) in [6.07, 6.45) is 0.818. The molecule has 3 aromatic rings. The van der Waals surface area contributed by atoms with Crippen LogP contribution in [0.25, 0.3) is 10.9 Å². The van der Waals surface area contributed by atoms with Gasteiger partial charge < -0.3 is 9.64 Å². The van der Waals surface area contributed by atoms with E-state index in [2.05, 4.69) is 11.8 Å². The van der Waals surface area contributed by atoms with Crippen molar-refractivity contribution >= 4 is 28.4 Å². The lowest BCUT2D eigenvalue weighted by Gasteiger charge is -2.43. The molecular formula is C25H29ClN4O3. The van der Waals surface area contributed by atoms with Gasteiger partial charge in [-0.3, -0.25) is 19.1 Å². The quantitative estimate of drug-likeness (QED) is 0.552. The Balaban J connectivity index is 1.45. The number of aromatic nitrogens is 2. The Hall–Kier alpha value is -2.90. The summed E-state index contributed by atoms with van der Waals surface area (Å²) in [5, 5.41) is 1.25. The summed E-state index contributed by atoms with van der Waals surface area (Å²) in [6.45, 7) is 6.15. The topological polar surface area (TPSA) is 67.7 Å². The molecule has 0 saturated carbocycles. The zero-order chi connectivity index (χ0) is 23.5. The third-order valence-electron chi connectivity index (χ3n) is 6.30. The van der Waals surface area contributed by atoms with E-state index in [9.17, 15) is 9.59 Å². The fourth-order valence-electron chi connectivity index (χ4n) is 4.54. The van der Waals surface area contributed by atoms with Crippen molar-refractivity contribution < 1.29 is 9.53 Å². The van der Waals surface area contributed by atoms with Crippen LogP contribution in [0.1, 0.15) is 32.1 Å². The Kier molecular flexibility index (Phi) is 7.00. The molecule has 2 unspecified atom stereocenters. The van der Waals surface area contributed by atoms with Crippen LogP contribution >= 0.6 is 11.6 Å². The monoisotopic (exact) mass is 468 g/mol. The van der Waals surface area contributed by atoms with Crippen molar-refractivity contribution in [3.63, 3.8) is 0 Å². The maximum atomic E-state index is 12.9. The molecule has 174 valence electrons. The summed E-state index contributed by atoms with van der Waals surface area (Å²) in [6, 6.07) is 14.5. The number of para-hydroxylation sites is 1. The van der Waals surface area contributed by atoms with Crippen LogP contribution in [0.3, 0.4) is 0 Å². The predicted octanol–water partition coefficient (Wildman–Crippen LogP) is 3.65. The number of carbonyl (C=O) groups excluding carboxylic acids is 1. The van der Waals surface area contributed by atoms with Gasteiger partial charge in [-0.15, -0.1) is 0 Å². The average molecular weight is 469 g/mol. The largest absolute Gasteiger partial charge is 0.484 e. The lowest BCUT2D eigenvalue weighted by Crippen LogP contribution is -2.56. The summed E-state index contributed by atoms with van der Waals surface area (Å²) in [5.74, 6) is 1.34. The highest BCUT2D eigenvalue weighted by Gasteiger charge is 2.32. The Bertz CT molecular complexity index is 1190. The molecule has 1 aliphatic heterocycles. The number of nitrogens with zero attached hydrogens (tertiary/aromatic N) is 4. The zero-order valence-electron chi connectivity index (χ0n) is 19.2. The van der Waals surface area contributed by atoms with Gasteiger partial charge in [0.15, 0.2) is 6.61 Å². The molecule has 0 spiro atoms. The van der Waals surface area contributed by atoms with Gasteiger partial charge in [0, 0.05) is 37.7 Å². The minimum Gasteiger partial charge on any atom is -0.484 e. The van der Waals surface area contributed by atoms with E-state index in [1.165, 1.54) is 0 Å². The van der Waals surface area contributed by atoms with Gasteiger partial charge in [0.2, 0.25) is 0 Å². The Morgan fingerprint density at radius 1 is 1.18 bits per heavy atom. The lowest BCUT2D eigenvalue weighted by atomic mass is 10.1. The second kappa shape index (κ2) is 9.93. The predicted molar refractivity (Wildman–Crippen MR) is 130 cm³/mol. The summed E-state index contributed by atoms with van der Waals surface area (Å²) in [4.78, 5) is 34.7. The highest BCUT2D eigenvalue weighted by Crippen LogP contribution is 2.26. The second-order valence-electron chi connectivity index (χ2n) is 8.45. The fraction of sp³-hybridized carbons (Fsp3) is 0.400. The number of fused-ring (bicyclic) bond motifs is 1. The van der Waals surface area contributed by atoms with Gasteiger partial charge in [0.05, 0.1) is 16.9 Å². The van der Waals surface area contributed by atoms with Crippen LogP contribution in [0.15, 0.2) is 53.3 Å². The summed E-state index contributed by atoms with van der Waals surface area (Å²) < 4.78 is 7.31. The summed E-state index contributed by atoms with van der Waals surface area (Å²) >= 11 is 5.90. The first-order chi connectivity index (χ1) is 15.9. The van der Waals surface area contributed by atoms with Crippen LogP contribution in [-0.4, -0.2) is 57.5 Å². The van der Waals surface area contributed by atoms with Crippen molar-refractivity contribution in [3.8, 4) is 5.75 Å². The molecule has 0 radical (unpaired) electrons. The Morgan fingerprint density at radius 2 is 1.91 bits per heavy atom. The first kappa shape index (κ1) is 23.3. The lowest BCUT2D eigenvalue weighted by molar-refractivity contribution is -0.138. The number of halogens is 1. The highest BCUT2D eigenvalue weighted by atomic mass is 35.5. The van der Waals surface area contributed by atoms with Gasteiger partial charge in [-0.2, -0.15) is 0 Å². The molecule has 2 aromatic carbocycles. The van der Waals surface area contributed by atoms with E-state index in [-0.39, 0.29) is 30.2 Å². The molecule has 1 fully saturated rings. The molecular weight excluding hydrogens is 440 g/mol. The Labute approximate surface area is 198 Å². The van der Waals surface area contributed by atoms with Gasteiger partial charge in [0.25, 0.3) is 11.5 Å². The number of carbonyl (C=O) groups is 1. The van der Waals surface area contributed by atoms with Crippen molar-refractivity contribution in [2.45, 2.75) is 32.4 Å². The minimum absolute atomic E-state index is 0.00248. The zero-order valence-corrected chi connectivity index (χ0v) is 20.0. The third-order valence-corrected chi connectivity index (χ3v) is 6.55. The molecule has 1 aromatic heterocycles. The SMILES string of the molecule is CCC(c1nc2ccccc2c(=O)n1C)N1CCN(C(=O)COc2ccc(Cl)cc2)C(C)C1. The number of ether oxygens (including phenoxy) is 1. The van der Waals surface area contributed by atoms with Crippen LogP contribution < -0.4 is 10.3 Å². The average Bonchev–Trinajstić information content (AvgIpc) is 2.82. The maximum Gasteiger partial charge on any atom is 0.261 e. The van der Waals surface area contributed by atoms with Crippen molar-refractivity contribution in [3.05, 3.63) is 69.7 Å². The molecule has 0 bridgehead atoms. The van der Waals surface area contributed by atoms with Crippen LogP contribution in [0, 0.1) is 0 Å². The van der Waals surface area contributed by atoms with Gasteiger partial charge in [-0.05, 0) is 49.7 Å². The smallest absolute Gasteiger partial charge is 0.261 e. The standard InChI is InChI=1S/C25H29ClN4O3/c1-4-22(24-27-21-8-6-5-7-20(21)25(32)28(24)3)29-13-14-30(17(2)15-29)23(31)16-33-19-11-9-18(26)10-12-19/h5-12,17,22H,4,13-16H2,1-3H3. The number of rotatable bonds is 6. The number of piperazine rings is 1. The minimum atomic E-state index is -0.0404. The van der Waals surface area contributed by atoms with E-state index in [1.807, 2.05) is 36.1 Å². The van der Waals surface area contributed by atoms with E-state index >= 15 is 0 Å². The molecule has 1 saturated heterocycles. The van der Waals surface area contributed by atoms with Gasteiger partial charge >= 0.3 is 0 Å². The van der Waals surface area contributed by atoms with Crippen molar-refractivity contribution in [1.82, 2.24) is 19.4 Å². The first-order valence-corrected chi connectivity index (χ1v) is 11.6. The number of hydrogen-bond acceptors (Lipinski definition) is 5. The molecule has 0 aliphatic carbocycles. The maximum absolute atomic E-state index is 12.9. The van der Waals surface area contributed by atoms with E-state index < -0.39 is 0 Å². The molecule has 2 heterocycles. The van der Waals surface area contributed by atoms with Crippen molar-refractivity contribution in [1.29, 1.82) is 0 Å². The van der Waals surface area contributed by atoms with E-state index in [1.54, 1.807) is 35.9 Å². The highest BCUT2D eigenvalue weighted by molar-refractivity contribution is 6.30. The molecule has 2 atom stereocenters. The summed E-state index contributed by atoms with van der Waals surface area (Å²) in [7, 11) is 1.79. The first-order valence-electron chi connectivity index (χ1n) is 11.3. The number of amides is 1. The molecule has 1 aliphatic rings. The van der Waals surface area contributed by atoms with Gasteiger partial charge in [-0.1, -0.05) is 30.7 Å². The van der Waals surface area contributed by atoms with Crippen molar-refractivity contribution in [2.24, 2.45) is 7.05 Å². The van der Waals surface area contributed by atoms with E-state index in [4.69, 9.17) is 21.3 Å². The molecule has 0 N–H and O–H groups in total. The van der Waals surface area contributed by atoms with Crippen LogP contribution in [0.2, 0.25) is 5.02 Å². The normalized spacial score (nSPS) is 17.8. The molecule has 8 heteroatoms. The van der Waals surface area contributed by atoms with E-state index in [0.29, 0.717) is 35.8 Å². The van der Waals surface area contributed by atoms with Crippen molar-refractivity contribution in [2.75, 3.05) is 26.2 Å². The van der Waals surface area contributed by atoms with Gasteiger partial charge in [0.1, 0.15) is 11.6 Å². The van der Waals surface area contributed by atoms with Crippen LogP contribution in [0.5, 0.6) is 5.75 Å². The third kappa shape index (κ3) is 4.89. The summed E-state index contributed by atoms with van der Waals surface area (Å²) in [5.41, 5.74) is 0.686. The fourth-order valence-corrected chi connectivity index (χ4v) is 4.66. The number of benzene rings is 2.